The van der Waals surface area contributed by atoms with Crippen LogP contribution < -0.4 is 10.6 Å². The quantitative estimate of drug-likeness (QED) is 0.781. The predicted octanol–water partition coefficient (Wildman–Crippen LogP) is 3.93. The maximum absolute atomic E-state index is 12.4. The third kappa shape index (κ3) is 4.53. The number of hydrogen-bond acceptors (Lipinski definition) is 2. The zero-order chi connectivity index (χ0) is 16.8. The zero-order valence-corrected chi connectivity index (χ0v) is 14.3. The molecular formula is C18H17BrN2O2. The van der Waals surface area contributed by atoms with Crippen LogP contribution in [-0.2, 0) is 0 Å². The van der Waals surface area contributed by atoms with Crippen molar-refractivity contribution < 1.29 is 9.59 Å². The van der Waals surface area contributed by atoms with Gasteiger partial charge < -0.3 is 10.6 Å². The maximum Gasteiger partial charge on any atom is 0.255 e. The number of carbonyl (C=O) groups excluding carboxylic acids is 2. The summed E-state index contributed by atoms with van der Waals surface area (Å²) in [4.78, 5) is 24.3. The smallest absolute Gasteiger partial charge is 0.255 e. The third-order valence-corrected chi connectivity index (χ3v) is 3.72. The van der Waals surface area contributed by atoms with E-state index in [9.17, 15) is 9.59 Å². The highest BCUT2D eigenvalue weighted by atomic mass is 79.9. The summed E-state index contributed by atoms with van der Waals surface area (Å²) in [5.74, 6) is -0.492. The van der Waals surface area contributed by atoms with E-state index in [0.29, 0.717) is 17.7 Å². The first-order valence-electron chi connectivity index (χ1n) is 7.08. The second kappa shape index (κ2) is 7.74. The average molecular weight is 373 g/mol. The summed E-state index contributed by atoms with van der Waals surface area (Å²) in [5, 5.41) is 5.54. The normalized spacial score (nSPS) is 10.0. The Balaban J connectivity index is 2.16. The van der Waals surface area contributed by atoms with Gasteiger partial charge in [-0.15, -0.1) is 6.58 Å². The van der Waals surface area contributed by atoms with Crippen LogP contribution in [0.15, 0.2) is 59.6 Å². The topological polar surface area (TPSA) is 58.2 Å². The number of hydrogen-bond donors (Lipinski definition) is 2. The Morgan fingerprint density at radius 1 is 1.13 bits per heavy atom. The Hall–Kier alpha value is -2.40. The molecule has 2 aromatic rings. The molecule has 23 heavy (non-hydrogen) atoms. The lowest BCUT2D eigenvalue weighted by Crippen LogP contribution is -2.23. The molecule has 0 saturated heterocycles. The number of amides is 2. The molecule has 0 heterocycles. The molecule has 0 aromatic heterocycles. The number of benzene rings is 2. The summed E-state index contributed by atoms with van der Waals surface area (Å²) in [6.07, 6.45) is 1.60. The molecule has 0 radical (unpaired) electrons. The van der Waals surface area contributed by atoms with Crippen molar-refractivity contribution in [3.05, 3.63) is 76.3 Å². The minimum atomic E-state index is -0.256. The molecule has 2 N–H and O–H groups in total. The number of rotatable bonds is 5. The van der Waals surface area contributed by atoms with E-state index in [2.05, 4.69) is 33.1 Å². The summed E-state index contributed by atoms with van der Waals surface area (Å²) < 4.78 is 0.953. The van der Waals surface area contributed by atoms with Crippen molar-refractivity contribution in [3.8, 4) is 0 Å². The van der Waals surface area contributed by atoms with Gasteiger partial charge >= 0.3 is 0 Å². The molecule has 0 unspecified atom stereocenters. The fourth-order valence-electron chi connectivity index (χ4n) is 2.03. The highest BCUT2D eigenvalue weighted by Gasteiger charge is 2.11. The van der Waals surface area contributed by atoms with E-state index in [0.717, 1.165) is 15.7 Å². The van der Waals surface area contributed by atoms with Gasteiger partial charge in [-0.05, 0) is 48.9 Å². The van der Waals surface area contributed by atoms with Crippen LogP contribution in [0.2, 0.25) is 0 Å². The van der Waals surface area contributed by atoms with E-state index in [1.807, 2.05) is 25.1 Å². The monoisotopic (exact) mass is 372 g/mol. The molecule has 2 amide bonds. The molecule has 0 spiro atoms. The van der Waals surface area contributed by atoms with E-state index in [1.165, 1.54) is 0 Å². The third-order valence-electron chi connectivity index (χ3n) is 3.23. The molecule has 118 valence electrons. The van der Waals surface area contributed by atoms with Crippen molar-refractivity contribution in [2.45, 2.75) is 6.92 Å². The molecule has 2 rings (SSSR count). The number of carbonyl (C=O) groups is 2. The van der Waals surface area contributed by atoms with Crippen molar-refractivity contribution in [1.82, 2.24) is 5.32 Å². The van der Waals surface area contributed by atoms with Gasteiger partial charge in [0.1, 0.15) is 0 Å². The Morgan fingerprint density at radius 2 is 1.83 bits per heavy atom. The van der Waals surface area contributed by atoms with Crippen LogP contribution in [0.5, 0.6) is 0 Å². The van der Waals surface area contributed by atoms with Gasteiger partial charge in [-0.3, -0.25) is 9.59 Å². The van der Waals surface area contributed by atoms with E-state index in [-0.39, 0.29) is 11.8 Å². The number of nitrogens with one attached hydrogen (secondary N) is 2. The summed E-state index contributed by atoms with van der Waals surface area (Å²) >= 11 is 3.39. The van der Waals surface area contributed by atoms with Gasteiger partial charge in [0.2, 0.25) is 0 Å². The van der Waals surface area contributed by atoms with Crippen LogP contribution in [0, 0.1) is 6.92 Å². The van der Waals surface area contributed by atoms with Crippen LogP contribution in [0.4, 0.5) is 5.69 Å². The van der Waals surface area contributed by atoms with Gasteiger partial charge in [-0.25, -0.2) is 0 Å². The SMILES string of the molecule is C=CCNC(=O)c1cccc(C(=O)Nc2ccc(Br)cc2C)c1. The van der Waals surface area contributed by atoms with Crippen molar-refractivity contribution in [2.24, 2.45) is 0 Å². The van der Waals surface area contributed by atoms with E-state index < -0.39 is 0 Å². The van der Waals surface area contributed by atoms with Gasteiger partial charge in [-0.1, -0.05) is 28.1 Å². The van der Waals surface area contributed by atoms with Gasteiger partial charge in [0.15, 0.2) is 0 Å². The lowest BCUT2D eigenvalue weighted by atomic mass is 10.1. The molecule has 2 aromatic carbocycles. The van der Waals surface area contributed by atoms with Gasteiger partial charge in [0.05, 0.1) is 0 Å². The van der Waals surface area contributed by atoms with Gasteiger partial charge in [0.25, 0.3) is 11.8 Å². The van der Waals surface area contributed by atoms with E-state index in [1.54, 1.807) is 30.3 Å². The lowest BCUT2D eigenvalue weighted by Gasteiger charge is -2.10. The number of halogens is 1. The summed E-state index contributed by atoms with van der Waals surface area (Å²) in [5.41, 5.74) is 2.55. The first-order valence-corrected chi connectivity index (χ1v) is 7.87. The Morgan fingerprint density at radius 3 is 2.48 bits per heavy atom. The van der Waals surface area contributed by atoms with Crippen LogP contribution >= 0.6 is 15.9 Å². The van der Waals surface area contributed by atoms with Crippen LogP contribution in [-0.4, -0.2) is 18.4 Å². The number of aryl methyl sites for hydroxylation is 1. The first kappa shape index (κ1) is 17.0. The standard InChI is InChI=1S/C18H17BrN2O2/c1-3-9-20-17(22)13-5-4-6-14(11-13)18(23)21-16-8-7-15(19)10-12(16)2/h3-8,10-11H,1,9H2,2H3,(H,20,22)(H,21,23). The van der Waals surface area contributed by atoms with Crippen molar-refractivity contribution >= 4 is 33.4 Å². The van der Waals surface area contributed by atoms with E-state index in [4.69, 9.17) is 0 Å². The van der Waals surface area contributed by atoms with Crippen molar-refractivity contribution in [3.63, 3.8) is 0 Å². The fourth-order valence-corrected chi connectivity index (χ4v) is 2.51. The second-order valence-corrected chi connectivity index (χ2v) is 5.91. The Bertz CT molecular complexity index is 756. The van der Waals surface area contributed by atoms with Crippen molar-refractivity contribution in [1.29, 1.82) is 0 Å². The molecule has 0 atom stereocenters. The minimum Gasteiger partial charge on any atom is -0.349 e. The number of anilines is 1. The molecule has 0 saturated carbocycles. The average Bonchev–Trinajstić information content (AvgIpc) is 2.55. The summed E-state index contributed by atoms with van der Waals surface area (Å²) in [6.45, 7) is 5.85. The molecule has 0 aliphatic carbocycles. The lowest BCUT2D eigenvalue weighted by molar-refractivity contribution is 0.0958. The highest BCUT2D eigenvalue weighted by Crippen LogP contribution is 2.20. The Kier molecular flexibility index (Phi) is 5.71. The molecular weight excluding hydrogens is 356 g/mol. The highest BCUT2D eigenvalue weighted by molar-refractivity contribution is 9.10. The maximum atomic E-state index is 12.4. The molecule has 4 nitrogen and oxygen atoms in total. The predicted molar refractivity (Wildman–Crippen MR) is 95.8 cm³/mol. The second-order valence-electron chi connectivity index (χ2n) is 4.99. The molecule has 0 fully saturated rings. The first-order chi connectivity index (χ1) is 11.0. The molecule has 0 aliphatic rings. The largest absolute Gasteiger partial charge is 0.349 e. The summed E-state index contributed by atoms with van der Waals surface area (Å²) in [7, 11) is 0. The van der Waals surface area contributed by atoms with Crippen LogP contribution in [0.25, 0.3) is 0 Å². The van der Waals surface area contributed by atoms with Gasteiger partial charge in [0, 0.05) is 27.8 Å². The van der Waals surface area contributed by atoms with E-state index >= 15 is 0 Å². The summed E-state index contributed by atoms with van der Waals surface area (Å²) in [6, 6.07) is 12.2. The van der Waals surface area contributed by atoms with Gasteiger partial charge in [-0.2, -0.15) is 0 Å². The minimum absolute atomic E-state index is 0.237. The van der Waals surface area contributed by atoms with Crippen LogP contribution in [0.1, 0.15) is 26.3 Å². The zero-order valence-electron chi connectivity index (χ0n) is 12.7. The fraction of sp³-hybridized carbons (Fsp3) is 0.111. The Labute approximate surface area is 143 Å². The van der Waals surface area contributed by atoms with Crippen LogP contribution in [0.3, 0.4) is 0 Å². The molecule has 5 heteroatoms. The molecule has 0 aliphatic heterocycles. The molecule has 0 bridgehead atoms. The van der Waals surface area contributed by atoms with Crippen molar-refractivity contribution in [2.75, 3.05) is 11.9 Å².